The van der Waals surface area contributed by atoms with Gasteiger partial charge in [0.05, 0.1) is 17.0 Å². The molecular weight excluding hydrogens is 342 g/mol. The van der Waals surface area contributed by atoms with Gasteiger partial charge in [0.2, 0.25) is 17.7 Å². The van der Waals surface area contributed by atoms with Crippen LogP contribution < -0.4 is 5.32 Å². The molecule has 3 rings (SSSR count). The zero-order valence-electron chi connectivity index (χ0n) is 14.3. The molecule has 1 aromatic carbocycles. The number of aromatic nitrogens is 2. The molecule has 0 spiro atoms. The molecule has 1 atom stereocenters. The van der Waals surface area contributed by atoms with Crippen molar-refractivity contribution in [2.24, 2.45) is 0 Å². The van der Waals surface area contributed by atoms with Gasteiger partial charge in [0.1, 0.15) is 0 Å². The molecule has 1 aliphatic rings. The lowest BCUT2D eigenvalue weighted by Gasteiger charge is -2.23. The first-order valence-electron chi connectivity index (χ1n) is 8.16. The van der Waals surface area contributed by atoms with Crippen molar-refractivity contribution in [1.29, 1.82) is 0 Å². The maximum absolute atomic E-state index is 12.1. The van der Waals surface area contributed by atoms with Gasteiger partial charge in [0.15, 0.2) is 9.84 Å². The highest BCUT2D eigenvalue weighted by atomic mass is 32.2. The zero-order chi connectivity index (χ0) is 18.1. The van der Waals surface area contributed by atoms with Gasteiger partial charge in [0, 0.05) is 18.4 Å². The Morgan fingerprint density at radius 3 is 2.64 bits per heavy atom. The molecule has 1 aliphatic heterocycles. The molecule has 0 radical (unpaired) electrons. The molecule has 1 fully saturated rings. The minimum atomic E-state index is -3.05. The lowest BCUT2D eigenvalue weighted by molar-refractivity contribution is -0.122. The van der Waals surface area contributed by atoms with Crippen LogP contribution in [0.25, 0.3) is 11.5 Å². The number of carbonyl (C=O) groups excluding carboxylic acids is 1. The summed E-state index contributed by atoms with van der Waals surface area (Å²) in [5.74, 6) is 0.700. The van der Waals surface area contributed by atoms with Crippen molar-refractivity contribution in [2.45, 2.75) is 38.6 Å². The number of benzene rings is 1. The molecule has 1 unspecified atom stereocenters. The average Bonchev–Trinajstić information content (AvgIpc) is 3.10. The normalized spacial score (nSPS) is 22.0. The second kappa shape index (κ2) is 6.59. The number of hydrogen-bond donors (Lipinski definition) is 1. The maximum atomic E-state index is 12.1. The fraction of sp³-hybridized carbons (Fsp3) is 0.471. The summed E-state index contributed by atoms with van der Waals surface area (Å²) in [6.45, 7) is 3.76. The lowest BCUT2D eigenvalue weighted by atomic mass is 10.0. The van der Waals surface area contributed by atoms with Gasteiger partial charge in [-0.1, -0.05) is 17.7 Å². The molecule has 0 saturated carbocycles. The Morgan fingerprint density at radius 1 is 1.28 bits per heavy atom. The van der Waals surface area contributed by atoms with Crippen LogP contribution in [0.15, 0.2) is 28.7 Å². The largest absolute Gasteiger partial charge is 0.421 e. The molecule has 1 saturated heterocycles. The molecule has 7 nitrogen and oxygen atoms in total. The molecule has 2 heterocycles. The number of aryl methyl sites for hydroxylation is 2. The van der Waals surface area contributed by atoms with Crippen LogP contribution in [0.5, 0.6) is 0 Å². The molecule has 1 amide bonds. The predicted octanol–water partition coefficient (Wildman–Crippen LogP) is 1.67. The molecule has 8 heteroatoms. The Hall–Kier alpha value is -2.22. The minimum Gasteiger partial charge on any atom is -0.421 e. The molecule has 0 aliphatic carbocycles. The van der Waals surface area contributed by atoms with E-state index in [2.05, 4.69) is 15.5 Å². The van der Waals surface area contributed by atoms with Crippen molar-refractivity contribution >= 4 is 15.7 Å². The van der Waals surface area contributed by atoms with E-state index in [9.17, 15) is 13.2 Å². The first-order chi connectivity index (χ1) is 11.7. The van der Waals surface area contributed by atoms with Gasteiger partial charge in [0.25, 0.3) is 0 Å². The number of amides is 1. The Balaban J connectivity index is 1.55. The van der Waals surface area contributed by atoms with Crippen molar-refractivity contribution in [3.8, 4) is 11.5 Å². The number of nitrogens with zero attached hydrogens (tertiary/aromatic N) is 2. The lowest BCUT2D eigenvalue weighted by Crippen LogP contribution is -2.47. The van der Waals surface area contributed by atoms with Gasteiger partial charge < -0.3 is 9.73 Å². The molecule has 2 aromatic rings. The van der Waals surface area contributed by atoms with Crippen LogP contribution in [0, 0.1) is 6.92 Å². The van der Waals surface area contributed by atoms with Crippen LogP contribution in [0.4, 0.5) is 0 Å². The highest BCUT2D eigenvalue weighted by Gasteiger charge is 2.39. The third-order valence-electron chi connectivity index (χ3n) is 4.28. The highest BCUT2D eigenvalue weighted by molar-refractivity contribution is 7.91. The summed E-state index contributed by atoms with van der Waals surface area (Å²) in [5.41, 5.74) is 1.29. The number of nitrogens with one attached hydrogen (secondary N) is 1. The Morgan fingerprint density at radius 2 is 2.00 bits per heavy atom. The third-order valence-corrected chi connectivity index (χ3v) is 6.18. The Bertz CT molecular complexity index is 874. The van der Waals surface area contributed by atoms with Gasteiger partial charge in [-0.15, -0.1) is 10.2 Å². The Kier molecular flexibility index (Phi) is 4.64. The van der Waals surface area contributed by atoms with Crippen LogP contribution in [0.1, 0.15) is 31.2 Å². The molecular formula is C17H21N3O4S. The number of carbonyl (C=O) groups is 1. The molecule has 134 valence electrons. The van der Waals surface area contributed by atoms with Gasteiger partial charge in [-0.2, -0.15) is 0 Å². The van der Waals surface area contributed by atoms with E-state index in [1.165, 1.54) is 0 Å². The van der Waals surface area contributed by atoms with E-state index in [0.29, 0.717) is 24.6 Å². The monoisotopic (exact) mass is 363 g/mol. The summed E-state index contributed by atoms with van der Waals surface area (Å²) >= 11 is 0. The van der Waals surface area contributed by atoms with E-state index >= 15 is 0 Å². The quantitative estimate of drug-likeness (QED) is 0.867. The van der Waals surface area contributed by atoms with Crippen LogP contribution >= 0.6 is 0 Å². The van der Waals surface area contributed by atoms with E-state index in [0.717, 1.165) is 11.1 Å². The van der Waals surface area contributed by atoms with Crippen molar-refractivity contribution < 1.29 is 17.6 Å². The maximum Gasteiger partial charge on any atom is 0.247 e. The van der Waals surface area contributed by atoms with Crippen LogP contribution in [-0.4, -0.2) is 41.6 Å². The van der Waals surface area contributed by atoms with Crippen molar-refractivity contribution in [3.05, 3.63) is 35.7 Å². The smallest absolute Gasteiger partial charge is 0.247 e. The molecule has 1 aromatic heterocycles. The summed E-state index contributed by atoms with van der Waals surface area (Å²) in [6.07, 6.45) is 0.928. The van der Waals surface area contributed by atoms with Gasteiger partial charge in [-0.25, -0.2) is 8.42 Å². The van der Waals surface area contributed by atoms with E-state index < -0.39 is 15.4 Å². The SMILES string of the molecule is Cc1ccc(-c2nnc(CCC(=O)NC3(C)CCS(=O)(=O)C3)o2)cc1. The van der Waals surface area contributed by atoms with Gasteiger partial charge in [-0.3, -0.25) is 4.79 Å². The zero-order valence-corrected chi connectivity index (χ0v) is 15.1. The molecule has 1 N–H and O–H groups in total. The van der Waals surface area contributed by atoms with Gasteiger partial charge >= 0.3 is 0 Å². The fourth-order valence-electron chi connectivity index (χ4n) is 2.90. The fourth-order valence-corrected chi connectivity index (χ4v) is 4.99. The van der Waals surface area contributed by atoms with Gasteiger partial charge in [-0.05, 0) is 32.4 Å². The number of hydrogen-bond acceptors (Lipinski definition) is 6. The van der Waals surface area contributed by atoms with Crippen LogP contribution in [-0.2, 0) is 21.1 Å². The summed E-state index contributed by atoms with van der Waals surface area (Å²) in [6, 6.07) is 7.73. The second-order valence-electron chi connectivity index (χ2n) is 6.82. The number of sulfone groups is 1. The summed E-state index contributed by atoms with van der Waals surface area (Å²) in [5, 5.41) is 10.8. The first kappa shape index (κ1) is 17.6. The van der Waals surface area contributed by atoms with E-state index in [1.54, 1.807) is 6.92 Å². The minimum absolute atomic E-state index is 0.0101. The van der Waals surface area contributed by atoms with E-state index in [-0.39, 0.29) is 23.8 Å². The summed E-state index contributed by atoms with van der Waals surface area (Å²) in [4.78, 5) is 12.1. The standard InChI is InChI=1S/C17H21N3O4S/c1-12-3-5-13(6-4-12)16-20-19-15(24-16)8-7-14(21)18-17(2)9-10-25(22,23)11-17/h3-6H,7-11H2,1-2H3,(H,18,21). The average molecular weight is 363 g/mol. The Labute approximate surface area is 146 Å². The predicted molar refractivity (Wildman–Crippen MR) is 92.6 cm³/mol. The van der Waals surface area contributed by atoms with Crippen molar-refractivity contribution in [3.63, 3.8) is 0 Å². The van der Waals surface area contributed by atoms with Crippen LogP contribution in [0.2, 0.25) is 0 Å². The summed E-state index contributed by atoms with van der Waals surface area (Å²) in [7, 11) is -3.05. The third kappa shape index (κ3) is 4.45. The number of rotatable bonds is 5. The van der Waals surface area contributed by atoms with Crippen LogP contribution in [0.3, 0.4) is 0 Å². The molecule has 25 heavy (non-hydrogen) atoms. The topological polar surface area (TPSA) is 102 Å². The highest BCUT2D eigenvalue weighted by Crippen LogP contribution is 2.23. The summed E-state index contributed by atoms with van der Waals surface area (Å²) < 4.78 is 28.8. The second-order valence-corrected chi connectivity index (χ2v) is 9.00. The first-order valence-corrected chi connectivity index (χ1v) is 9.98. The van der Waals surface area contributed by atoms with Crippen molar-refractivity contribution in [1.82, 2.24) is 15.5 Å². The van der Waals surface area contributed by atoms with E-state index in [1.807, 2.05) is 31.2 Å². The van der Waals surface area contributed by atoms with E-state index in [4.69, 9.17) is 4.42 Å². The van der Waals surface area contributed by atoms with Crippen molar-refractivity contribution in [2.75, 3.05) is 11.5 Å². The molecule has 0 bridgehead atoms.